The fourth-order valence-corrected chi connectivity index (χ4v) is 1.97. The van der Waals surface area contributed by atoms with Crippen LogP contribution in [-0.2, 0) is 27.9 Å². The quantitative estimate of drug-likeness (QED) is 0.813. The molecule has 0 aliphatic heterocycles. The maximum atomic E-state index is 12.0. The van der Waals surface area contributed by atoms with E-state index in [1.807, 2.05) is 13.8 Å². The lowest BCUT2D eigenvalue weighted by molar-refractivity contribution is -0.152. The number of anilines is 1. The highest BCUT2D eigenvalue weighted by Gasteiger charge is 2.35. The summed E-state index contributed by atoms with van der Waals surface area (Å²) < 4.78 is 6.81. The molecule has 1 rings (SSSR count). The number of nitrogens with two attached hydrogens (primary N) is 1. The molecule has 18 heavy (non-hydrogen) atoms. The van der Waals surface area contributed by atoms with E-state index < -0.39 is 5.54 Å². The molecule has 0 saturated carbocycles. The number of aryl methyl sites for hydroxylation is 1. The normalized spacial score (nSPS) is 11.6. The molecule has 0 aromatic carbocycles. The standard InChI is InChI=1S/C13H23N3O2/c1-6-9-11(14)10(7-2)16(15-9)13(4,5)12(17)18-8-3/h6-8,14H2,1-5H3. The number of hydrogen-bond donors (Lipinski definition) is 1. The van der Waals surface area contributed by atoms with Crippen molar-refractivity contribution in [3.05, 3.63) is 11.4 Å². The molecule has 0 fully saturated rings. The summed E-state index contributed by atoms with van der Waals surface area (Å²) in [5.41, 5.74) is 7.65. The van der Waals surface area contributed by atoms with Crippen molar-refractivity contribution in [1.29, 1.82) is 0 Å². The monoisotopic (exact) mass is 253 g/mol. The van der Waals surface area contributed by atoms with Crippen molar-refractivity contribution >= 4 is 11.7 Å². The molecule has 1 heterocycles. The molecule has 5 heteroatoms. The number of carbonyl (C=O) groups is 1. The lowest BCUT2D eigenvalue weighted by Gasteiger charge is -2.25. The second-order valence-corrected chi connectivity index (χ2v) is 4.71. The van der Waals surface area contributed by atoms with Crippen LogP contribution >= 0.6 is 0 Å². The number of ether oxygens (including phenoxy) is 1. The van der Waals surface area contributed by atoms with Gasteiger partial charge in [0.2, 0.25) is 0 Å². The summed E-state index contributed by atoms with van der Waals surface area (Å²) in [5.74, 6) is -0.287. The minimum atomic E-state index is -0.830. The third kappa shape index (κ3) is 2.35. The summed E-state index contributed by atoms with van der Waals surface area (Å²) in [7, 11) is 0. The van der Waals surface area contributed by atoms with Crippen molar-refractivity contribution in [3.63, 3.8) is 0 Å². The van der Waals surface area contributed by atoms with Crippen molar-refractivity contribution in [2.24, 2.45) is 0 Å². The van der Waals surface area contributed by atoms with Crippen LogP contribution in [0.5, 0.6) is 0 Å². The third-order valence-corrected chi connectivity index (χ3v) is 3.07. The smallest absolute Gasteiger partial charge is 0.333 e. The minimum Gasteiger partial charge on any atom is -0.464 e. The molecule has 0 amide bonds. The molecular formula is C13H23N3O2. The number of nitrogens with zero attached hydrogens (tertiary/aromatic N) is 2. The van der Waals surface area contributed by atoms with E-state index in [0.29, 0.717) is 12.3 Å². The van der Waals surface area contributed by atoms with Gasteiger partial charge in [0, 0.05) is 0 Å². The minimum absolute atomic E-state index is 0.287. The Kier molecular flexibility index (Phi) is 4.38. The number of hydrogen-bond acceptors (Lipinski definition) is 4. The molecule has 0 bridgehead atoms. The molecule has 0 aliphatic carbocycles. The molecule has 0 saturated heterocycles. The Labute approximate surface area is 108 Å². The predicted octanol–water partition coefficient (Wildman–Crippen LogP) is 1.89. The van der Waals surface area contributed by atoms with Gasteiger partial charge in [0.25, 0.3) is 0 Å². The zero-order chi connectivity index (χ0) is 13.9. The molecule has 0 unspecified atom stereocenters. The zero-order valence-corrected chi connectivity index (χ0v) is 11.9. The van der Waals surface area contributed by atoms with Crippen molar-refractivity contribution in [2.45, 2.75) is 53.0 Å². The van der Waals surface area contributed by atoms with Gasteiger partial charge in [0.1, 0.15) is 0 Å². The van der Waals surface area contributed by atoms with E-state index in [0.717, 1.165) is 24.2 Å². The van der Waals surface area contributed by atoms with E-state index in [1.165, 1.54) is 0 Å². The van der Waals surface area contributed by atoms with Crippen LogP contribution in [0.4, 0.5) is 5.69 Å². The van der Waals surface area contributed by atoms with Crippen molar-refractivity contribution in [1.82, 2.24) is 9.78 Å². The molecule has 5 nitrogen and oxygen atoms in total. The summed E-state index contributed by atoms with van der Waals surface area (Å²) in [6.07, 6.45) is 1.49. The van der Waals surface area contributed by atoms with E-state index in [4.69, 9.17) is 10.5 Å². The first-order chi connectivity index (χ1) is 8.39. The fourth-order valence-electron chi connectivity index (χ4n) is 1.97. The van der Waals surface area contributed by atoms with Crippen LogP contribution < -0.4 is 5.73 Å². The van der Waals surface area contributed by atoms with Crippen molar-refractivity contribution in [3.8, 4) is 0 Å². The first kappa shape index (κ1) is 14.5. The number of carbonyl (C=O) groups excluding carboxylic acids is 1. The maximum absolute atomic E-state index is 12.0. The molecule has 2 N–H and O–H groups in total. The van der Waals surface area contributed by atoms with Gasteiger partial charge >= 0.3 is 5.97 Å². The van der Waals surface area contributed by atoms with Crippen LogP contribution in [0.3, 0.4) is 0 Å². The van der Waals surface area contributed by atoms with E-state index in [1.54, 1.807) is 25.5 Å². The summed E-state index contributed by atoms with van der Waals surface area (Å²) in [6, 6.07) is 0. The van der Waals surface area contributed by atoms with Gasteiger partial charge in [-0.15, -0.1) is 0 Å². The Balaban J connectivity index is 3.27. The molecule has 1 aromatic heterocycles. The third-order valence-electron chi connectivity index (χ3n) is 3.07. The van der Waals surface area contributed by atoms with Gasteiger partial charge < -0.3 is 10.5 Å². The van der Waals surface area contributed by atoms with E-state index >= 15 is 0 Å². The topological polar surface area (TPSA) is 70.1 Å². The lowest BCUT2D eigenvalue weighted by Crippen LogP contribution is -2.39. The van der Waals surface area contributed by atoms with E-state index in [9.17, 15) is 4.79 Å². The zero-order valence-electron chi connectivity index (χ0n) is 11.9. The van der Waals surface area contributed by atoms with Crippen LogP contribution in [0.1, 0.15) is 46.0 Å². The van der Waals surface area contributed by atoms with Gasteiger partial charge in [-0.2, -0.15) is 5.10 Å². The Bertz CT molecular complexity index is 436. The van der Waals surface area contributed by atoms with Gasteiger partial charge in [0.05, 0.1) is 23.7 Å². The average molecular weight is 253 g/mol. The molecule has 0 atom stereocenters. The molecule has 1 aromatic rings. The van der Waals surface area contributed by atoms with E-state index in [-0.39, 0.29) is 5.97 Å². The molecule has 0 spiro atoms. The second kappa shape index (κ2) is 5.42. The summed E-state index contributed by atoms with van der Waals surface area (Å²) >= 11 is 0. The van der Waals surface area contributed by atoms with Crippen LogP contribution in [0.15, 0.2) is 0 Å². The van der Waals surface area contributed by atoms with Crippen LogP contribution in [0.25, 0.3) is 0 Å². The first-order valence-corrected chi connectivity index (χ1v) is 6.43. The van der Waals surface area contributed by atoms with Gasteiger partial charge in [0.15, 0.2) is 5.54 Å². The van der Waals surface area contributed by atoms with Gasteiger partial charge in [-0.25, -0.2) is 4.79 Å². The summed E-state index contributed by atoms with van der Waals surface area (Å²) in [6.45, 7) is 9.77. The van der Waals surface area contributed by atoms with Gasteiger partial charge in [-0.3, -0.25) is 4.68 Å². The van der Waals surface area contributed by atoms with Gasteiger partial charge in [-0.05, 0) is 33.6 Å². The van der Waals surface area contributed by atoms with Crippen LogP contribution in [-0.4, -0.2) is 22.4 Å². The number of rotatable bonds is 5. The van der Waals surface area contributed by atoms with Crippen LogP contribution in [0, 0.1) is 0 Å². The highest BCUT2D eigenvalue weighted by molar-refractivity contribution is 5.78. The van der Waals surface area contributed by atoms with Gasteiger partial charge in [-0.1, -0.05) is 13.8 Å². The number of esters is 1. The average Bonchev–Trinajstić information content (AvgIpc) is 2.66. The molecule has 0 radical (unpaired) electrons. The SMILES string of the molecule is CCOC(=O)C(C)(C)n1nc(CC)c(N)c1CC. The van der Waals surface area contributed by atoms with Crippen molar-refractivity contribution in [2.75, 3.05) is 12.3 Å². The molecule has 102 valence electrons. The Morgan fingerprint density at radius 2 is 1.94 bits per heavy atom. The number of nitrogen functional groups attached to an aromatic ring is 1. The first-order valence-electron chi connectivity index (χ1n) is 6.43. The summed E-state index contributed by atoms with van der Waals surface area (Å²) in [4.78, 5) is 12.0. The fraction of sp³-hybridized carbons (Fsp3) is 0.692. The lowest BCUT2D eigenvalue weighted by atomic mass is 10.1. The Morgan fingerprint density at radius 1 is 1.33 bits per heavy atom. The molecule has 0 aliphatic rings. The second-order valence-electron chi connectivity index (χ2n) is 4.71. The van der Waals surface area contributed by atoms with Crippen molar-refractivity contribution < 1.29 is 9.53 Å². The maximum Gasteiger partial charge on any atom is 0.333 e. The molecular weight excluding hydrogens is 230 g/mol. The highest BCUT2D eigenvalue weighted by Crippen LogP contribution is 2.26. The Hall–Kier alpha value is -1.52. The largest absolute Gasteiger partial charge is 0.464 e. The number of aromatic nitrogens is 2. The van der Waals surface area contributed by atoms with Crippen LogP contribution in [0.2, 0.25) is 0 Å². The van der Waals surface area contributed by atoms with E-state index in [2.05, 4.69) is 5.10 Å². The highest BCUT2D eigenvalue weighted by atomic mass is 16.5. The summed E-state index contributed by atoms with van der Waals surface area (Å²) in [5, 5.41) is 4.46. The Morgan fingerprint density at radius 3 is 2.39 bits per heavy atom. The predicted molar refractivity (Wildman–Crippen MR) is 71.4 cm³/mol.